The molecule has 150 valence electrons. The van der Waals surface area contributed by atoms with E-state index in [1.807, 2.05) is 54.6 Å². The van der Waals surface area contributed by atoms with Crippen molar-refractivity contribution in [2.24, 2.45) is 5.73 Å². The summed E-state index contributed by atoms with van der Waals surface area (Å²) in [7, 11) is 0. The summed E-state index contributed by atoms with van der Waals surface area (Å²) >= 11 is 0. The Morgan fingerprint density at radius 2 is 1.61 bits per heavy atom. The van der Waals surface area contributed by atoms with Gasteiger partial charge in [0.25, 0.3) is 0 Å². The Balaban J connectivity index is 1.83. The van der Waals surface area contributed by atoms with Crippen molar-refractivity contribution in [3.05, 3.63) is 65.7 Å². The second-order valence-electron chi connectivity index (χ2n) is 6.71. The molecule has 0 aliphatic carbocycles. The molecule has 0 radical (unpaired) electrons. The number of carbonyl (C=O) groups is 2. The molecule has 0 spiro atoms. The van der Waals surface area contributed by atoms with Crippen LogP contribution in [0.15, 0.2) is 54.6 Å². The molecule has 0 saturated heterocycles. The van der Waals surface area contributed by atoms with Crippen LogP contribution in [0.4, 0.5) is 0 Å². The van der Waals surface area contributed by atoms with Crippen molar-refractivity contribution in [2.75, 3.05) is 13.2 Å². The van der Waals surface area contributed by atoms with Crippen LogP contribution in [0.2, 0.25) is 0 Å². The Hall–Kier alpha value is -2.90. The third-order valence-electron chi connectivity index (χ3n) is 4.33. The number of rotatable bonds is 11. The predicted molar refractivity (Wildman–Crippen MR) is 104 cm³/mol. The molecule has 0 fully saturated rings. The van der Waals surface area contributed by atoms with Crippen molar-refractivity contribution in [1.82, 2.24) is 5.32 Å². The SMILES string of the molecule is NC(=O)CC(CO)(CO)NC(=O)CCc1ccc(OCc2ccccc2)cc1. The van der Waals surface area contributed by atoms with Crippen LogP contribution in [-0.2, 0) is 22.6 Å². The molecule has 0 aliphatic rings. The first-order valence-corrected chi connectivity index (χ1v) is 9.03. The normalized spacial score (nSPS) is 11.1. The van der Waals surface area contributed by atoms with Gasteiger partial charge in [0, 0.05) is 6.42 Å². The molecular formula is C21H26N2O5. The van der Waals surface area contributed by atoms with Gasteiger partial charge in [0.2, 0.25) is 11.8 Å². The first kappa shape index (κ1) is 21.4. The highest BCUT2D eigenvalue weighted by molar-refractivity contribution is 5.80. The lowest BCUT2D eigenvalue weighted by Gasteiger charge is -2.29. The summed E-state index contributed by atoms with van der Waals surface area (Å²) in [6.45, 7) is -0.676. The maximum absolute atomic E-state index is 12.1. The molecule has 0 aliphatic heterocycles. The predicted octanol–water partition coefficient (Wildman–Crippen LogP) is 0.913. The van der Waals surface area contributed by atoms with Gasteiger partial charge < -0.3 is 26.0 Å². The highest BCUT2D eigenvalue weighted by atomic mass is 16.5. The number of aliphatic hydroxyl groups is 2. The van der Waals surface area contributed by atoms with Gasteiger partial charge in [-0.2, -0.15) is 0 Å². The highest BCUT2D eigenvalue weighted by Gasteiger charge is 2.32. The molecule has 5 N–H and O–H groups in total. The van der Waals surface area contributed by atoms with E-state index >= 15 is 0 Å². The van der Waals surface area contributed by atoms with Crippen molar-refractivity contribution in [1.29, 1.82) is 0 Å². The molecule has 0 heterocycles. The third kappa shape index (κ3) is 6.68. The first-order valence-electron chi connectivity index (χ1n) is 9.03. The zero-order valence-electron chi connectivity index (χ0n) is 15.6. The van der Waals surface area contributed by atoms with Crippen molar-refractivity contribution in [2.45, 2.75) is 31.4 Å². The van der Waals surface area contributed by atoms with Gasteiger partial charge in [-0.1, -0.05) is 42.5 Å². The van der Waals surface area contributed by atoms with Crippen LogP contribution in [0.5, 0.6) is 5.75 Å². The fourth-order valence-corrected chi connectivity index (χ4v) is 2.73. The highest BCUT2D eigenvalue weighted by Crippen LogP contribution is 2.16. The molecule has 2 amide bonds. The summed E-state index contributed by atoms with van der Waals surface area (Å²) in [5.41, 5.74) is 5.71. The number of benzene rings is 2. The van der Waals surface area contributed by atoms with Crippen molar-refractivity contribution >= 4 is 11.8 Å². The molecule has 0 unspecified atom stereocenters. The van der Waals surface area contributed by atoms with Crippen LogP contribution in [0.3, 0.4) is 0 Å². The quantitative estimate of drug-likeness (QED) is 0.457. The lowest BCUT2D eigenvalue weighted by atomic mass is 9.96. The fourth-order valence-electron chi connectivity index (χ4n) is 2.73. The molecule has 2 aromatic rings. The van der Waals surface area contributed by atoms with Crippen LogP contribution in [-0.4, -0.2) is 40.8 Å². The molecule has 0 atom stereocenters. The summed E-state index contributed by atoms with van der Waals surface area (Å²) in [6.07, 6.45) is 0.276. The van der Waals surface area contributed by atoms with Gasteiger partial charge in [-0.15, -0.1) is 0 Å². The number of primary amides is 1. The lowest BCUT2D eigenvalue weighted by Crippen LogP contribution is -2.56. The van der Waals surface area contributed by atoms with Gasteiger partial charge in [0.15, 0.2) is 0 Å². The Morgan fingerprint density at radius 3 is 2.18 bits per heavy atom. The van der Waals surface area contributed by atoms with Crippen LogP contribution in [0.25, 0.3) is 0 Å². The molecule has 7 nitrogen and oxygen atoms in total. The fraction of sp³-hybridized carbons (Fsp3) is 0.333. The number of amides is 2. The number of nitrogens with two attached hydrogens (primary N) is 1. The van der Waals surface area contributed by atoms with Gasteiger partial charge in [0.1, 0.15) is 12.4 Å². The minimum atomic E-state index is -1.43. The van der Waals surface area contributed by atoms with Crippen LogP contribution in [0.1, 0.15) is 24.0 Å². The molecule has 0 aromatic heterocycles. The van der Waals surface area contributed by atoms with Crippen LogP contribution >= 0.6 is 0 Å². The maximum Gasteiger partial charge on any atom is 0.220 e. The second kappa shape index (κ2) is 10.4. The average Bonchev–Trinajstić information content (AvgIpc) is 2.71. The smallest absolute Gasteiger partial charge is 0.220 e. The van der Waals surface area contributed by atoms with Crippen molar-refractivity contribution in [3.63, 3.8) is 0 Å². The number of nitrogens with one attached hydrogen (secondary N) is 1. The van der Waals surface area contributed by atoms with E-state index in [1.165, 1.54) is 0 Å². The number of ether oxygens (including phenoxy) is 1. The maximum atomic E-state index is 12.1. The standard InChI is InChI=1S/C21H26N2O5/c22-19(26)12-21(14-24,15-25)23-20(27)11-8-16-6-9-18(10-7-16)28-13-17-4-2-1-3-5-17/h1-7,9-10,24-25H,8,11-15H2,(H2,22,26)(H,23,27). The molecule has 0 saturated carbocycles. The number of aliphatic hydroxyl groups excluding tert-OH is 2. The molecular weight excluding hydrogens is 360 g/mol. The monoisotopic (exact) mass is 386 g/mol. The van der Waals surface area contributed by atoms with Crippen molar-refractivity contribution in [3.8, 4) is 5.75 Å². The van der Waals surface area contributed by atoms with Crippen LogP contribution in [0, 0.1) is 0 Å². The minimum absolute atomic E-state index is 0.144. The van der Waals surface area contributed by atoms with Gasteiger partial charge in [-0.25, -0.2) is 0 Å². The summed E-state index contributed by atoms with van der Waals surface area (Å²) in [6, 6.07) is 17.3. The van der Waals surface area contributed by atoms with E-state index in [1.54, 1.807) is 0 Å². The number of hydrogen-bond donors (Lipinski definition) is 4. The van der Waals surface area contributed by atoms with E-state index in [2.05, 4.69) is 5.32 Å². The average molecular weight is 386 g/mol. The van der Waals surface area contributed by atoms with E-state index in [4.69, 9.17) is 10.5 Å². The minimum Gasteiger partial charge on any atom is -0.489 e. The van der Waals surface area contributed by atoms with Gasteiger partial charge in [-0.3, -0.25) is 9.59 Å². The van der Waals surface area contributed by atoms with E-state index in [0.717, 1.165) is 16.9 Å². The zero-order valence-corrected chi connectivity index (χ0v) is 15.6. The largest absolute Gasteiger partial charge is 0.489 e. The zero-order chi connectivity index (χ0) is 20.4. The number of hydrogen-bond acceptors (Lipinski definition) is 5. The van der Waals surface area contributed by atoms with E-state index in [9.17, 15) is 19.8 Å². The summed E-state index contributed by atoms with van der Waals surface area (Å²) in [5, 5.41) is 21.4. The van der Waals surface area contributed by atoms with Gasteiger partial charge >= 0.3 is 0 Å². The van der Waals surface area contributed by atoms with Gasteiger partial charge in [-0.05, 0) is 29.7 Å². The van der Waals surface area contributed by atoms with Gasteiger partial charge in [0.05, 0.1) is 25.2 Å². The first-order chi connectivity index (χ1) is 13.5. The van der Waals surface area contributed by atoms with E-state index in [0.29, 0.717) is 13.0 Å². The summed E-state index contributed by atoms with van der Waals surface area (Å²) < 4.78 is 5.73. The topological polar surface area (TPSA) is 122 Å². The molecule has 2 aromatic carbocycles. The molecule has 28 heavy (non-hydrogen) atoms. The Morgan fingerprint density at radius 1 is 0.964 bits per heavy atom. The van der Waals surface area contributed by atoms with E-state index in [-0.39, 0.29) is 18.7 Å². The molecule has 0 bridgehead atoms. The van der Waals surface area contributed by atoms with Crippen LogP contribution < -0.4 is 15.8 Å². The second-order valence-corrected chi connectivity index (χ2v) is 6.71. The number of aryl methyl sites for hydroxylation is 1. The molecule has 2 rings (SSSR count). The third-order valence-corrected chi connectivity index (χ3v) is 4.33. The Bertz CT molecular complexity index is 758. The summed E-state index contributed by atoms with van der Waals surface area (Å²) in [4.78, 5) is 23.3. The summed E-state index contributed by atoms with van der Waals surface area (Å²) in [5.74, 6) is -0.360. The Kier molecular flexibility index (Phi) is 7.98. The van der Waals surface area contributed by atoms with Crippen molar-refractivity contribution < 1.29 is 24.5 Å². The Labute approximate surface area is 164 Å². The number of carbonyl (C=O) groups excluding carboxylic acids is 2. The van der Waals surface area contributed by atoms with E-state index < -0.39 is 24.7 Å². The molecule has 7 heteroatoms. The lowest BCUT2D eigenvalue weighted by molar-refractivity contribution is -0.126.